The van der Waals surface area contributed by atoms with E-state index < -0.39 is 10.0 Å². The second-order valence-corrected chi connectivity index (χ2v) is 6.45. The Bertz CT molecular complexity index is 597. The van der Waals surface area contributed by atoms with Crippen molar-refractivity contribution in [2.75, 3.05) is 25.0 Å². The first-order chi connectivity index (χ1) is 9.95. The number of carbonyl (C=O) groups is 1. The van der Waals surface area contributed by atoms with Gasteiger partial charge in [-0.25, -0.2) is 13.6 Å². The number of nitrogens with two attached hydrogens (primary N) is 1. The van der Waals surface area contributed by atoms with Gasteiger partial charge in [0.25, 0.3) is 0 Å². The fourth-order valence-corrected chi connectivity index (χ4v) is 2.67. The molecule has 1 amide bonds. The van der Waals surface area contributed by atoms with Gasteiger partial charge in [-0.1, -0.05) is 6.07 Å². The van der Waals surface area contributed by atoms with Crippen LogP contribution in [0.4, 0.5) is 5.69 Å². The number of benzene rings is 1. The van der Waals surface area contributed by atoms with Crippen LogP contribution in [0, 0.1) is 0 Å². The van der Waals surface area contributed by atoms with Crippen LogP contribution >= 0.6 is 0 Å². The number of nitrogens with one attached hydrogen (secondary N) is 2. The smallest absolute Gasteiger partial charge is 0.238 e. The van der Waals surface area contributed by atoms with Crippen LogP contribution in [0.5, 0.6) is 0 Å². The Balaban J connectivity index is 1.82. The maximum atomic E-state index is 11.8. The van der Waals surface area contributed by atoms with Crippen molar-refractivity contribution in [3.8, 4) is 0 Å². The number of carbonyl (C=O) groups excluding carboxylic acids is 1. The molecule has 21 heavy (non-hydrogen) atoms. The van der Waals surface area contributed by atoms with Crippen molar-refractivity contribution in [3.63, 3.8) is 0 Å². The summed E-state index contributed by atoms with van der Waals surface area (Å²) < 4.78 is 27.9. The van der Waals surface area contributed by atoms with Gasteiger partial charge in [0.15, 0.2) is 0 Å². The molecule has 116 valence electrons. The van der Waals surface area contributed by atoms with Gasteiger partial charge >= 0.3 is 0 Å². The van der Waals surface area contributed by atoms with Crippen LogP contribution in [-0.2, 0) is 19.6 Å². The van der Waals surface area contributed by atoms with Crippen molar-refractivity contribution in [3.05, 3.63) is 24.3 Å². The lowest BCUT2D eigenvalue weighted by Crippen LogP contribution is -2.33. The topological polar surface area (TPSA) is 111 Å². The third-order valence-electron chi connectivity index (χ3n) is 3.13. The second kappa shape index (κ2) is 6.99. The summed E-state index contributed by atoms with van der Waals surface area (Å²) in [5, 5.41) is 10.7. The van der Waals surface area contributed by atoms with Crippen LogP contribution in [0.15, 0.2) is 29.2 Å². The molecule has 8 heteroatoms. The summed E-state index contributed by atoms with van der Waals surface area (Å²) in [6, 6.07) is 5.83. The Labute approximate surface area is 123 Å². The van der Waals surface area contributed by atoms with Crippen molar-refractivity contribution >= 4 is 21.6 Å². The minimum Gasteiger partial charge on any atom is -0.377 e. The number of sulfonamides is 1. The van der Waals surface area contributed by atoms with Gasteiger partial charge < -0.3 is 15.4 Å². The number of amides is 1. The van der Waals surface area contributed by atoms with E-state index in [9.17, 15) is 13.2 Å². The van der Waals surface area contributed by atoms with Crippen LogP contribution in [-0.4, -0.2) is 40.1 Å². The van der Waals surface area contributed by atoms with Crippen LogP contribution < -0.4 is 15.8 Å². The molecule has 4 N–H and O–H groups in total. The van der Waals surface area contributed by atoms with Crippen molar-refractivity contribution in [1.29, 1.82) is 0 Å². The first kappa shape index (κ1) is 15.9. The van der Waals surface area contributed by atoms with Crippen molar-refractivity contribution < 1.29 is 17.9 Å². The van der Waals surface area contributed by atoms with Gasteiger partial charge in [0, 0.05) is 18.8 Å². The van der Waals surface area contributed by atoms with Crippen LogP contribution in [0.25, 0.3) is 0 Å². The predicted octanol–water partition coefficient (Wildman–Crippen LogP) is 0.0411. The maximum absolute atomic E-state index is 11.8. The van der Waals surface area contributed by atoms with Crippen molar-refractivity contribution in [1.82, 2.24) is 5.32 Å². The zero-order chi connectivity index (χ0) is 15.3. The lowest BCUT2D eigenvalue weighted by molar-refractivity contribution is -0.115. The Morgan fingerprint density at radius 2 is 2.24 bits per heavy atom. The van der Waals surface area contributed by atoms with E-state index in [1.165, 1.54) is 18.2 Å². The van der Waals surface area contributed by atoms with Gasteiger partial charge in [-0.15, -0.1) is 0 Å². The predicted molar refractivity (Wildman–Crippen MR) is 78.3 cm³/mol. The Hall–Kier alpha value is -1.48. The molecule has 0 radical (unpaired) electrons. The minimum absolute atomic E-state index is 0.0346. The molecule has 1 aromatic carbocycles. The summed E-state index contributed by atoms with van der Waals surface area (Å²) in [6.45, 7) is 1.54. The van der Waals surface area contributed by atoms with Gasteiger partial charge in [0.05, 0.1) is 17.5 Å². The summed E-state index contributed by atoms with van der Waals surface area (Å²) >= 11 is 0. The fourth-order valence-electron chi connectivity index (χ4n) is 2.11. The number of anilines is 1. The molecule has 0 aromatic heterocycles. The van der Waals surface area contributed by atoms with Crippen LogP contribution in [0.2, 0.25) is 0 Å². The van der Waals surface area contributed by atoms with Gasteiger partial charge in [-0.3, -0.25) is 4.79 Å². The van der Waals surface area contributed by atoms with E-state index >= 15 is 0 Å². The zero-order valence-corrected chi connectivity index (χ0v) is 12.4. The summed E-state index contributed by atoms with van der Waals surface area (Å²) in [7, 11) is -3.77. The molecule has 0 bridgehead atoms. The highest BCUT2D eigenvalue weighted by molar-refractivity contribution is 7.89. The van der Waals surface area contributed by atoms with E-state index in [0.29, 0.717) is 12.2 Å². The molecule has 1 atom stereocenters. The molecule has 1 heterocycles. The van der Waals surface area contributed by atoms with Gasteiger partial charge in [-0.05, 0) is 31.0 Å². The monoisotopic (exact) mass is 313 g/mol. The molecule has 1 aliphatic rings. The second-order valence-electron chi connectivity index (χ2n) is 4.89. The van der Waals surface area contributed by atoms with Gasteiger partial charge in [0.2, 0.25) is 15.9 Å². The molecule has 0 spiro atoms. The Morgan fingerprint density at radius 1 is 1.43 bits per heavy atom. The average molecular weight is 313 g/mol. The molecule has 7 nitrogen and oxygen atoms in total. The van der Waals surface area contributed by atoms with E-state index in [2.05, 4.69) is 10.6 Å². The molecule has 2 rings (SSSR count). The number of hydrogen-bond acceptors (Lipinski definition) is 5. The third kappa shape index (κ3) is 5.09. The molecular weight excluding hydrogens is 294 g/mol. The van der Waals surface area contributed by atoms with E-state index in [4.69, 9.17) is 9.88 Å². The highest BCUT2D eigenvalue weighted by atomic mass is 32.2. The largest absolute Gasteiger partial charge is 0.377 e. The van der Waals surface area contributed by atoms with E-state index in [1.54, 1.807) is 6.07 Å². The molecule has 0 unspecified atom stereocenters. The third-order valence-corrected chi connectivity index (χ3v) is 4.04. The number of hydrogen-bond donors (Lipinski definition) is 3. The van der Waals surface area contributed by atoms with Crippen LogP contribution in [0.1, 0.15) is 12.8 Å². The molecule has 1 fully saturated rings. The molecule has 1 saturated heterocycles. The standard InChI is InChI=1S/C13H19N3O4S/c14-21(18,19)12-5-1-3-10(7-12)16-13(17)9-15-8-11-4-2-6-20-11/h1,3,5,7,11,15H,2,4,6,8-9H2,(H,16,17)(H2,14,18,19)/t11-/m0/s1. The Kier molecular flexibility index (Phi) is 5.29. The number of primary sulfonamides is 1. The lowest BCUT2D eigenvalue weighted by Gasteiger charge is -2.11. The number of ether oxygens (including phenoxy) is 1. The lowest BCUT2D eigenvalue weighted by atomic mass is 10.2. The minimum atomic E-state index is -3.77. The molecule has 0 saturated carbocycles. The molecule has 0 aliphatic carbocycles. The van der Waals surface area contributed by atoms with Crippen LogP contribution in [0.3, 0.4) is 0 Å². The number of rotatable bonds is 6. The van der Waals surface area contributed by atoms with Crippen molar-refractivity contribution in [2.45, 2.75) is 23.8 Å². The highest BCUT2D eigenvalue weighted by Crippen LogP contribution is 2.14. The molecule has 1 aliphatic heterocycles. The first-order valence-corrected chi connectivity index (χ1v) is 8.25. The maximum Gasteiger partial charge on any atom is 0.238 e. The van der Waals surface area contributed by atoms with Gasteiger partial charge in [-0.2, -0.15) is 0 Å². The normalized spacial score (nSPS) is 18.6. The molecule has 1 aromatic rings. The summed E-state index contributed by atoms with van der Waals surface area (Å²) in [4.78, 5) is 11.7. The SMILES string of the molecule is NS(=O)(=O)c1cccc(NC(=O)CNC[C@@H]2CCCO2)c1. The highest BCUT2D eigenvalue weighted by Gasteiger charge is 2.15. The Morgan fingerprint density at radius 3 is 2.90 bits per heavy atom. The first-order valence-electron chi connectivity index (χ1n) is 6.70. The van der Waals surface area contributed by atoms with E-state index in [-0.39, 0.29) is 23.5 Å². The summed E-state index contributed by atoms with van der Waals surface area (Å²) in [6.07, 6.45) is 2.23. The van der Waals surface area contributed by atoms with Crippen molar-refractivity contribution in [2.24, 2.45) is 5.14 Å². The summed E-state index contributed by atoms with van der Waals surface area (Å²) in [5.74, 6) is -0.250. The fraction of sp³-hybridized carbons (Fsp3) is 0.462. The molecular formula is C13H19N3O4S. The average Bonchev–Trinajstić information content (AvgIpc) is 2.91. The zero-order valence-electron chi connectivity index (χ0n) is 11.5. The van der Waals surface area contributed by atoms with E-state index in [1.807, 2.05) is 0 Å². The summed E-state index contributed by atoms with van der Waals surface area (Å²) in [5.41, 5.74) is 0.394. The quantitative estimate of drug-likeness (QED) is 0.687. The van der Waals surface area contributed by atoms with E-state index in [0.717, 1.165) is 19.4 Å². The van der Waals surface area contributed by atoms with Gasteiger partial charge in [0.1, 0.15) is 0 Å².